The smallest absolute Gasteiger partial charge is 0.333 e. The molecule has 4 rings (SSSR count). The first-order valence-corrected chi connectivity index (χ1v) is 7.12. The zero-order valence-electron chi connectivity index (χ0n) is 11.9. The molecule has 0 saturated heterocycles. The van der Waals surface area contributed by atoms with E-state index in [-0.39, 0.29) is 11.4 Å². The van der Waals surface area contributed by atoms with Crippen LogP contribution in [0, 0.1) is 0 Å². The van der Waals surface area contributed by atoms with Crippen molar-refractivity contribution in [2.45, 2.75) is 25.9 Å². The maximum atomic E-state index is 12.8. The van der Waals surface area contributed by atoms with Crippen LogP contribution in [0.4, 0.5) is 20.3 Å². The van der Waals surface area contributed by atoms with Crippen molar-refractivity contribution in [3.05, 3.63) is 40.6 Å². The number of hydrogen-bond donors (Lipinski definition) is 1. The summed E-state index contributed by atoms with van der Waals surface area (Å²) in [5.74, 6) is 0.811. The minimum atomic E-state index is -2.70. The summed E-state index contributed by atoms with van der Waals surface area (Å²) in [7, 11) is 0. The van der Waals surface area contributed by atoms with Gasteiger partial charge < -0.3 is 5.32 Å². The van der Waals surface area contributed by atoms with Gasteiger partial charge in [0.05, 0.1) is 11.7 Å². The lowest BCUT2D eigenvalue weighted by molar-refractivity contribution is 0.0615. The number of hydrogen-bond acceptors (Lipinski definition) is 5. The highest BCUT2D eigenvalue weighted by Gasteiger charge is 2.17. The SMILES string of the molecule is O=c1c(Nc2ccc3c(cnn3C(F)F)c2)nnc2n1CCC2. The van der Waals surface area contributed by atoms with E-state index in [0.29, 0.717) is 33.6 Å². The lowest BCUT2D eigenvalue weighted by Gasteiger charge is -2.07. The van der Waals surface area contributed by atoms with Crippen LogP contribution in [0.2, 0.25) is 0 Å². The third-order valence-electron chi connectivity index (χ3n) is 3.85. The molecule has 0 fully saturated rings. The van der Waals surface area contributed by atoms with E-state index in [9.17, 15) is 13.6 Å². The average Bonchev–Trinajstić information content (AvgIpc) is 3.16. The van der Waals surface area contributed by atoms with Crippen LogP contribution < -0.4 is 10.9 Å². The molecule has 0 atom stereocenters. The Morgan fingerprint density at radius 2 is 2.13 bits per heavy atom. The Morgan fingerprint density at radius 3 is 2.96 bits per heavy atom. The zero-order chi connectivity index (χ0) is 16.0. The molecule has 0 saturated carbocycles. The van der Waals surface area contributed by atoms with E-state index in [1.807, 2.05) is 0 Å². The number of halogens is 2. The number of anilines is 2. The molecule has 3 heterocycles. The number of fused-ring (bicyclic) bond motifs is 2. The second-order valence-electron chi connectivity index (χ2n) is 5.29. The summed E-state index contributed by atoms with van der Waals surface area (Å²) in [6.45, 7) is -2.06. The Morgan fingerprint density at radius 1 is 1.26 bits per heavy atom. The predicted molar refractivity (Wildman–Crippen MR) is 78.9 cm³/mol. The second-order valence-corrected chi connectivity index (χ2v) is 5.29. The molecule has 0 unspecified atom stereocenters. The zero-order valence-corrected chi connectivity index (χ0v) is 11.9. The Hall–Kier alpha value is -2.84. The van der Waals surface area contributed by atoms with E-state index in [2.05, 4.69) is 20.6 Å². The van der Waals surface area contributed by atoms with Crippen molar-refractivity contribution in [1.82, 2.24) is 24.5 Å². The lowest BCUT2D eigenvalue weighted by Crippen LogP contribution is -2.24. The molecule has 9 heteroatoms. The fourth-order valence-corrected chi connectivity index (χ4v) is 2.76. The van der Waals surface area contributed by atoms with Crippen molar-refractivity contribution in [1.29, 1.82) is 0 Å². The third kappa shape index (κ3) is 2.24. The van der Waals surface area contributed by atoms with Crippen LogP contribution in [0.5, 0.6) is 0 Å². The third-order valence-corrected chi connectivity index (χ3v) is 3.85. The van der Waals surface area contributed by atoms with E-state index in [4.69, 9.17) is 0 Å². The number of nitrogens with one attached hydrogen (secondary N) is 1. The molecular formula is C14H12F2N6O. The quantitative estimate of drug-likeness (QED) is 0.800. The first-order chi connectivity index (χ1) is 11.1. The number of rotatable bonds is 3. The van der Waals surface area contributed by atoms with Gasteiger partial charge in [-0.25, -0.2) is 4.68 Å². The molecule has 7 nitrogen and oxygen atoms in total. The summed E-state index contributed by atoms with van der Waals surface area (Å²) in [5, 5.41) is 15.1. The summed E-state index contributed by atoms with van der Waals surface area (Å²) in [6.07, 6.45) is 2.99. The van der Waals surface area contributed by atoms with E-state index in [0.717, 1.165) is 12.8 Å². The van der Waals surface area contributed by atoms with Gasteiger partial charge in [0.25, 0.3) is 5.56 Å². The maximum Gasteiger partial charge on any atom is 0.333 e. The predicted octanol–water partition coefficient (Wildman–Crippen LogP) is 2.07. The molecule has 23 heavy (non-hydrogen) atoms. The Kier molecular flexibility index (Phi) is 3.07. The molecule has 0 aliphatic carbocycles. The van der Waals surface area contributed by atoms with Crippen LogP contribution in [0.1, 0.15) is 18.8 Å². The number of alkyl halides is 2. The van der Waals surface area contributed by atoms with Crippen LogP contribution in [0.15, 0.2) is 29.2 Å². The van der Waals surface area contributed by atoms with E-state index < -0.39 is 6.55 Å². The van der Waals surface area contributed by atoms with Crippen molar-refractivity contribution in [2.24, 2.45) is 0 Å². The largest absolute Gasteiger partial charge is 0.334 e. The number of benzene rings is 1. The molecule has 1 aliphatic rings. The molecule has 1 aliphatic heterocycles. The Balaban J connectivity index is 1.70. The van der Waals surface area contributed by atoms with Gasteiger partial charge in [-0.15, -0.1) is 10.2 Å². The molecule has 3 aromatic rings. The highest BCUT2D eigenvalue weighted by molar-refractivity contribution is 5.83. The second kappa shape index (κ2) is 5.11. The molecule has 0 radical (unpaired) electrons. The Labute approximate surface area is 128 Å². The summed E-state index contributed by atoms with van der Waals surface area (Å²) < 4.78 is 27.8. The van der Waals surface area contributed by atoms with Crippen LogP contribution in [-0.4, -0.2) is 24.5 Å². The molecule has 0 amide bonds. The van der Waals surface area contributed by atoms with E-state index >= 15 is 0 Å². The first-order valence-electron chi connectivity index (χ1n) is 7.12. The van der Waals surface area contributed by atoms with Crippen LogP contribution in [0.3, 0.4) is 0 Å². The summed E-state index contributed by atoms with van der Waals surface area (Å²) in [4.78, 5) is 12.3. The molecular weight excluding hydrogens is 306 g/mol. The van der Waals surface area contributed by atoms with Gasteiger partial charge in [-0.05, 0) is 24.6 Å². The molecule has 0 bridgehead atoms. The normalized spacial score (nSPS) is 13.7. The molecule has 118 valence electrons. The number of aromatic nitrogens is 5. The van der Waals surface area contributed by atoms with Gasteiger partial charge in [0, 0.05) is 24.0 Å². The first kappa shape index (κ1) is 13.8. The topological polar surface area (TPSA) is 77.6 Å². The monoisotopic (exact) mass is 318 g/mol. The van der Waals surface area contributed by atoms with E-state index in [1.165, 1.54) is 12.3 Å². The highest BCUT2D eigenvalue weighted by Crippen LogP contribution is 2.24. The van der Waals surface area contributed by atoms with Crippen LogP contribution in [-0.2, 0) is 13.0 Å². The summed E-state index contributed by atoms with van der Waals surface area (Å²) >= 11 is 0. The van der Waals surface area contributed by atoms with Crippen LogP contribution >= 0.6 is 0 Å². The molecule has 0 spiro atoms. The van der Waals surface area contributed by atoms with Gasteiger partial charge in [0.2, 0.25) is 5.82 Å². The van der Waals surface area contributed by atoms with Gasteiger partial charge in [-0.3, -0.25) is 9.36 Å². The maximum absolute atomic E-state index is 12.8. The van der Waals surface area contributed by atoms with Gasteiger partial charge in [0.1, 0.15) is 5.82 Å². The van der Waals surface area contributed by atoms with Gasteiger partial charge in [0.15, 0.2) is 0 Å². The fraction of sp³-hybridized carbons (Fsp3) is 0.286. The summed E-state index contributed by atoms with van der Waals surface area (Å²) in [5.41, 5.74) is 0.662. The highest BCUT2D eigenvalue weighted by atomic mass is 19.3. The average molecular weight is 318 g/mol. The van der Waals surface area contributed by atoms with E-state index in [1.54, 1.807) is 16.7 Å². The minimum absolute atomic E-state index is 0.122. The fourth-order valence-electron chi connectivity index (χ4n) is 2.76. The Bertz CT molecular complexity index is 948. The minimum Gasteiger partial charge on any atom is -0.334 e. The van der Waals surface area contributed by atoms with Crippen molar-refractivity contribution < 1.29 is 8.78 Å². The number of aryl methyl sites for hydroxylation is 1. The van der Waals surface area contributed by atoms with Gasteiger partial charge >= 0.3 is 6.55 Å². The molecule has 1 aromatic carbocycles. The van der Waals surface area contributed by atoms with Crippen molar-refractivity contribution in [2.75, 3.05) is 5.32 Å². The van der Waals surface area contributed by atoms with Crippen molar-refractivity contribution in [3.63, 3.8) is 0 Å². The van der Waals surface area contributed by atoms with Crippen LogP contribution in [0.25, 0.3) is 10.9 Å². The lowest BCUT2D eigenvalue weighted by atomic mass is 10.2. The van der Waals surface area contributed by atoms with Crippen molar-refractivity contribution in [3.8, 4) is 0 Å². The van der Waals surface area contributed by atoms with Gasteiger partial charge in [-0.2, -0.15) is 13.9 Å². The number of nitrogens with zero attached hydrogens (tertiary/aromatic N) is 5. The van der Waals surface area contributed by atoms with Gasteiger partial charge in [-0.1, -0.05) is 0 Å². The molecule has 2 aromatic heterocycles. The van der Waals surface area contributed by atoms with Crippen molar-refractivity contribution >= 4 is 22.4 Å². The summed E-state index contributed by atoms with van der Waals surface area (Å²) in [6, 6.07) is 4.76. The standard InChI is InChI=1S/C14H12F2N6O/c15-14(16)22-10-4-3-9(6-8(10)7-17-22)18-12-13(23)21-5-1-2-11(21)19-20-12/h3-4,6-7,14H,1-2,5H2,(H,18,20). The molecule has 1 N–H and O–H groups in total.